The molecule has 23 heavy (non-hydrogen) atoms. The van der Waals surface area contributed by atoms with Crippen LogP contribution in [-0.2, 0) is 0 Å². The van der Waals surface area contributed by atoms with Crippen molar-refractivity contribution in [3.05, 3.63) is 23.5 Å². The lowest BCUT2D eigenvalue weighted by molar-refractivity contribution is 0.0909. The van der Waals surface area contributed by atoms with Crippen molar-refractivity contribution in [2.45, 2.75) is 65.5 Å². The molecule has 1 fully saturated rings. The molecule has 0 saturated heterocycles. The molecule has 5 nitrogen and oxygen atoms in total. The lowest BCUT2D eigenvalue weighted by Gasteiger charge is -2.29. The number of amides is 1. The highest BCUT2D eigenvalue weighted by Gasteiger charge is 2.24. The smallest absolute Gasteiger partial charge is 0.253 e. The summed E-state index contributed by atoms with van der Waals surface area (Å²) in [7, 11) is 0. The summed E-state index contributed by atoms with van der Waals surface area (Å²) in [6, 6.07) is 2.46. The van der Waals surface area contributed by atoms with Gasteiger partial charge in [-0.3, -0.25) is 4.79 Å². The highest BCUT2D eigenvalue weighted by molar-refractivity contribution is 5.98. The van der Waals surface area contributed by atoms with E-state index in [0.717, 1.165) is 23.1 Å². The number of fused-ring (bicyclic) bond motifs is 1. The van der Waals surface area contributed by atoms with Crippen molar-refractivity contribution >= 4 is 16.9 Å². The molecule has 3 rings (SSSR count). The molecule has 2 unspecified atom stereocenters. The van der Waals surface area contributed by atoms with Gasteiger partial charge in [-0.15, -0.1) is 0 Å². The molecular weight excluding hydrogens is 288 g/mol. The number of hydrogen-bond donors (Lipinski definition) is 1. The molecule has 1 aliphatic rings. The molecule has 0 radical (unpaired) electrons. The fraction of sp³-hybridized carbons (Fsp3) is 0.611. The Morgan fingerprint density at radius 1 is 1.35 bits per heavy atom. The van der Waals surface area contributed by atoms with Gasteiger partial charge < -0.3 is 5.32 Å². The summed E-state index contributed by atoms with van der Waals surface area (Å²) in [5.74, 6) is 0.543. The first kappa shape index (κ1) is 16.0. The summed E-state index contributed by atoms with van der Waals surface area (Å²) < 4.78 is 1.90. The first-order chi connectivity index (χ1) is 11.0. The van der Waals surface area contributed by atoms with E-state index in [-0.39, 0.29) is 18.0 Å². The first-order valence-corrected chi connectivity index (χ1v) is 8.63. The lowest BCUT2D eigenvalue weighted by Crippen LogP contribution is -2.41. The molecule has 1 N–H and O–H groups in total. The van der Waals surface area contributed by atoms with Crippen LogP contribution in [0, 0.1) is 12.8 Å². The molecule has 0 bridgehead atoms. The molecule has 1 amide bonds. The molecule has 0 aromatic carbocycles. The Kier molecular flexibility index (Phi) is 4.37. The summed E-state index contributed by atoms with van der Waals surface area (Å²) in [5.41, 5.74) is 2.28. The summed E-state index contributed by atoms with van der Waals surface area (Å²) in [6.45, 7) is 8.28. The summed E-state index contributed by atoms with van der Waals surface area (Å²) in [6.07, 6.45) is 6.54. The quantitative estimate of drug-likeness (QED) is 0.941. The van der Waals surface area contributed by atoms with Crippen molar-refractivity contribution in [1.29, 1.82) is 0 Å². The summed E-state index contributed by atoms with van der Waals surface area (Å²) in [4.78, 5) is 17.3. The first-order valence-electron chi connectivity index (χ1n) is 8.63. The minimum absolute atomic E-state index is 0.00653. The monoisotopic (exact) mass is 314 g/mol. The third kappa shape index (κ3) is 3.09. The number of nitrogens with one attached hydrogen (secondary N) is 1. The van der Waals surface area contributed by atoms with E-state index in [9.17, 15) is 4.79 Å². The van der Waals surface area contributed by atoms with E-state index >= 15 is 0 Å². The number of rotatable bonds is 3. The average Bonchev–Trinajstić information content (AvgIpc) is 2.91. The number of pyridine rings is 1. The van der Waals surface area contributed by atoms with Gasteiger partial charge in [-0.1, -0.05) is 19.8 Å². The second-order valence-electron chi connectivity index (χ2n) is 7.06. The van der Waals surface area contributed by atoms with Gasteiger partial charge in [-0.05, 0) is 45.6 Å². The highest BCUT2D eigenvalue weighted by Crippen LogP contribution is 2.25. The predicted octanol–water partition coefficient (Wildman–Crippen LogP) is 3.63. The van der Waals surface area contributed by atoms with Crippen LogP contribution in [0.15, 0.2) is 12.3 Å². The molecule has 1 saturated carbocycles. The van der Waals surface area contributed by atoms with E-state index in [1.807, 2.05) is 17.7 Å². The average molecular weight is 314 g/mol. The number of hydrogen-bond acceptors (Lipinski definition) is 3. The zero-order chi connectivity index (χ0) is 16.6. The Labute approximate surface area is 137 Å². The van der Waals surface area contributed by atoms with Crippen molar-refractivity contribution in [2.75, 3.05) is 0 Å². The highest BCUT2D eigenvalue weighted by atomic mass is 16.1. The Morgan fingerprint density at radius 3 is 2.78 bits per heavy atom. The molecular formula is C18H26N4O. The van der Waals surface area contributed by atoms with E-state index in [2.05, 4.69) is 36.2 Å². The summed E-state index contributed by atoms with van der Waals surface area (Å²) >= 11 is 0. The van der Waals surface area contributed by atoms with E-state index in [1.54, 1.807) is 6.20 Å². The Hall–Kier alpha value is -1.91. The number of aryl methyl sites for hydroxylation is 1. The minimum Gasteiger partial charge on any atom is -0.349 e. The van der Waals surface area contributed by atoms with Crippen LogP contribution >= 0.6 is 0 Å². The zero-order valence-electron chi connectivity index (χ0n) is 14.5. The number of nitrogens with zero attached hydrogens (tertiary/aromatic N) is 3. The van der Waals surface area contributed by atoms with Gasteiger partial charge in [-0.25, -0.2) is 9.67 Å². The predicted molar refractivity (Wildman–Crippen MR) is 91.5 cm³/mol. The van der Waals surface area contributed by atoms with Crippen LogP contribution < -0.4 is 5.32 Å². The van der Waals surface area contributed by atoms with Crippen LogP contribution in [0.5, 0.6) is 0 Å². The van der Waals surface area contributed by atoms with Crippen molar-refractivity contribution in [2.24, 2.45) is 5.92 Å². The van der Waals surface area contributed by atoms with E-state index < -0.39 is 0 Å². The Morgan fingerprint density at radius 2 is 2.09 bits per heavy atom. The summed E-state index contributed by atoms with van der Waals surface area (Å²) in [5, 5.41) is 8.52. The SMILES string of the molecule is Cc1nc2c(cnn2C(C)C)cc1C(=O)NC1CCCCC1C. The maximum absolute atomic E-state index is 12.7. The maximum atomic E-state index is 12.7. The van der Waals surface area contributed by atoms with Gasteiger partial charge in [0.15, 0.2) is 5.65 Å². The molecule has 5 heteroatoms. The van der Waals surface area contributed by atoms with E-state index in [0.29, 0.717) is 11.5 Å². The van der Waals surface area contributed by atoms with Gasteiger partial charge in [0.2, 0.25) is 0 Å². The third-order valence-corrected chi connectivity index (χ3v) is 4.92. The van der Waals surface area contributed by atoms with Gasteiger partial charge >= 0.3 is 0 Å². The maximum Gasteiger partial charge on any atom is 0.253 e. The second kappa shape index (κ2) is 6.30. The van der Waals surface area contributed by atoms with Gasteiger partial charge in [0.25, 0.3) is 5.91 Å². The topological polar surface area (TPSA) is 59.8 Å². The fourth-order valence-corrected chi connectivity index (χ4v) is 3.45. The van der Waals surface area contributed by atoms with E-state index in [4.69, 9.17) is 0 Å². The van der Waals surface area contributed by atoms with Gasteiger partial charge in [0.1, 0.15) is 0 Å². The standard InChI is InChI=1S/C18H26N4O/c1-11(2)22-17-14(10-19-22)9-15(13(4)20-17)18(23)21-16-8-6-5-7-12(16)3/h9-12,16H,5-8H2,1-4H3,(H,21,23). The molecule has 2 atom stereocenters. The van der Waals surface area contributed by atoms with Crippen molar-refractivity contribution in [1.82, 2.24) is 20.1 Å². The molecule has 124 valence electrons. The van der Waals surface area contributed by atoms with Crippen LogP contribution in [0.1, 0.15) is 68.5 Å². The fourth-order valence-electron chi connectivity index (χ4n) is 3.45. The molecule has 2 aromatic rings. The van der Waals surface area contributed by atoms with Crippen LogP contribution in [0.4, 0.5) is 0 Å². The molecule has 1 aliphatic carbocycles. The molecule has 2 heterocycles. The minimum atomic E-state index is -0.00653. The Balaban J connectivity index is 1.87. The van der Waals surface area contributed by atoms with E-state index in [1.165, 1.54) is 19.3 Å². The van der Waals surface area contributed by atoms with Crippen LogP contribution in [0.3, 0.4) is 0 Å². The van der Waals surface area contributed by atoms with Crippen LogP contribution in [0.2, 0.25) is 0 Å². The number of carbonyl (C=O) groups excluding carboxylic acids is 1. The second-order valence-corrected chi connectivity index (χ2v) is 7.06. The Bertz CT molecular complexity index is 719. The molecule has 2 aromatic heterocycles. The van der Waals surface area contributed by atoms with Crippen molar-refractivity contribution in [3.8, 4) is 0 Å². The van der Waals surface area contributed by atoms with Gasteiger partial charge in [-0.2, -0.15) is 5.10 Å². The third-order valence-electron chi connectivity index (χ3n) is 4.92. The lowest BCUT2D eigenvalue weighted by atomic mass is 9.86. The van der Waals surface area contributed by atoms with Crippen molar-refractivity contribution in [3.63, 3.8) is 0 Å². The largest absolute Gasteiger partial charge is 0.349 e. The molecule has 0 spiro atoms. The van der Waals surface area contributed by atoms with Crippen molar-refractivity contribution < 1.29 is 4.79 Å². The number of carbonyl (C=O) groups is 1. The zero-order valence-corrected chi connectivity index (χ0v) is 14.5. The molecule has 0 aliphatic heterocycles. The van der Waals surface area contributed by atoms with Crippen LogP contribution in [-0.4, -0.2) is 26.7 Å². The van der Waals surface area contributed by atoms with Gasteiger partial charge in [0.05, 0.1) is 17.5 Å². The normalized spacial score (nSPS) is 21.8. The number of aromatic nitrogens is 3. The van der Waals surface area contributed by atoms with Gasteiger partial charge in [0, 0.05) is 17.5 Å². The van der Waals surface area contributed by atoms with Crippen LogP contribution in [0.25, 0.3) is 11.0 Å².